The fourth-order valence-electron chi connectivity index (χ4n) is 2.18. The fourth-order valence-corrected chi connectivity index (χ4v) is 2.18. The summed E-state index contributed by atoms with van der Waals surface area (Å²) in [6, 6.07) is 0.0133. The second-order valence-corrected chi connectivity index (χ2v) is 4.86. The van der Waals surface area contributed by atoms with E-state index in [4.69, 9.17) is 5.73 Å². The van der Waals surface area contributed by atoms with Crippen LogP contribution in [0.4, 0.5) is 0 Å². The Morgan fingerprint density at radius 3 is 2.94 bits per heavy atom. The molecule has 1 aliphatic rings. The lowest BCUT2D eigenvalue weighted by Gasteiger charge is -2.15. The summed E-state index contributed by atoms with van der Waals surface area (Å²) < 4.78 is 2.19. The summed E-state index contributed by atoms with van der Waals surface area (Å²) in [5.74, 6) is 2.61. The molecule has 0 radical (unpaired) electrons. The first kappa shape index (κ1) is 11.5. The van der Waals surface area contributed by atoms with E-state index in [1.807, 2.05) is 0 Å². The van der Waals surface area contributed by atoms with E-state index in [1.165, 1.54) is 0 Å². The van der Waals surface area contributed by atoms with Gasteiger partial charge in [0.15, 0.2) is 0 Å². The van der Waals surface area contributed by atoms with Crippen molar-refractivity contribution in [1.29, 1.82) is 0 Å². The molecule has 0 bridgehead atoms. The normalized spacial score (nSPS) is 18.2. The zero-order valence-electron chi connectivity index (χ0n) is 10.1. The number of nitrogens with two attached hydrogens (primary N) is 1. The molecule has 0 aromatic carbocycles. The molecule has 1 aromatic rings. The Hall–Kier alpha value is -0.940. The highest BCUT2D eigenvalue weighted by Gasteiger charge is 2.19. The monoisotopic (exact) mass is 223 g/mol. The van der Waals surface area contributed by atoms with Crippen molar-refractivity contribution in [3.8, 4) is 0 Å². The number of hydrogen-bond acceptors (Lipinski definition) is 4. The molecule has 1 aromatic heterocycles. The summed E-state index contributed by atoms with van der Waals surface area (Å²) in [4.78, 5) is 0. The molecule has 1 aliphatic heterocycles. The van der Waals surface area contributed by atoms with Gasteiger partial charge in [0, 0.05) is 26.1 Å². The van der Waals surface area contributed by atoms with E-state index in [0.29, 0.717) is 5.92 Å². The fraction of sp³-hybridized carbons (Fsp3) is 0.818. The van der Waals surface area contributed by atoms with Gasteiger partial charge < -0.3 is 15.6 Å². The molecule has 5 heteroatoms. The van der Waals surface area contributed by atoms with Gasteiger partial charge in [-0.1, -0.05) is 13.8 Å². The van der Waals surface area contributed by atoms with Crippen molar-refractivity contribution in [1.82, 2.24) is 20.1 Å². The number of aromatic nitrogens is 3. The maximum Gasteiger partial charge on any atom is 0.150 e. The highest BCUT2D eigenvalue weighted by Crippen LogP contribution is 2.18. The molecule has 2 rings (SSSR count). The summed E-state index contributed by atoms with van der Waals surface area (Å²) in [7, 11) is 0. The lowest BCUT2D eigenvalue weighted by Crippen LogP contribution is -2.22. The number of nitrogens with zero attached hydrogens (tertiary/aromatic N) is 3. The van der Waals surface area contributed by atoms with E-state index in [-0.39, 0.29) is 6.04 Å². The minimum atomic E-state index is 0.0133. The number of hydrogen-bond donors (Lipinski definition) is 2. The SMILES string of the molecule is CC(C)C[C@@H](N)c1nnc2n1CCNCC2. The lowest BCUT2D eigenvalue weighted by atomic mass is 10.0. The van der Waals surface area contributed by atoms with Crippen molar-refractivity contribution in [2.75, 3.05) is 13.1 Å². The first-order valence-corrected chi connectivity index (χ1v) is 6.06. The van der Waals surface area contributed by atoms with Crippen LogP contribution >= 0.6 is 0 Å². The molecule has 0 unspecified atom stereocenters. The van der Waals surface area contributed by atoms with Gasteiger partial charge in [-0.15, -0.1) is 10.2 Å². The molecule has 16 heavy (non-hydrogen) atoms. The largest absolute Gasteiger partial charge is 0.321 e. The van der Waals surface area contributed by atoms with E-state index < -0.39 is 0 Å². The predicted molar refractivity (Wildman–Crippen MR) is 63.0 cm³/mol. The Balaban J connectivity index is 2.18. The molecule has 0 saturated carbocycles. The van der Waals surface area contributed by atoms with Crippen LogP contribution in [-0.2, 0) is 13.0 Å². The molecule has 0 amide bonds. The summed E-state index contributed by atoms with van der Waals surface area (Å²) in [5, 5.41) is 11.8. The molecule has 0 aliphatic carbocycles. The average Bonchev–Trinajstić information content (AvgIpc) is 2.47. The van der Waals surface area contributed by atoms with Crippen molar-refractivity contribution in [3.05, 3.63) is 11.6 Å². The first-order chi connectivity index (χ1) is 7.68. The average molecular weight is 223 g/mol. The molecule has 2 heterocycles. The zero-order chi connectivity index (χ0) is 11.5. The zero-order valence-corrected chi connectivity index (χ0v) is 10.1. The third-order valence-corrected chi connectivity index (χ3v) is 2.95. The van der Waals surface area contributed by atoms with E-state index >= 15 is 0 Å². The van der Waals surface area contributed by atoms with Crippen LogP contribution in [0.2, 0.25) is 0 Å². The van der Waals surface area contributed by atoms with Crippen molar-refractivity contribution in [2.24, 2.45) is 11.7 Å². The van der Waals surface area contributed by atoms with Crippen LogP contribution in [0, 0.1) is 5.92 Å². The minimum Gasteiger partial charge on any atom is -0.321 e. The summed E-state index contributed by atoms with van der Waals surface area (Å²) >= 11 is 0. The third-order valence-electron chi connectivity index (χ3n) is 2.95. The van der Waals surface area contributed by atoms with E-state index in [1.54, 1.807) is 0 Å². The van der Waals surface area contributed by atoms with Gasteiger partial charge >= 0.3 is 0 Å². The highest BCUT2D eigenvalue weighted by molar-refractivity contribution is 5.02. The Kier molecular flexibility index (Phi) is 3.56. The van der Waals surface area contributed by atoms with Crippen LogP contribution in [0.5, 0.6) is 0 Å². The van der Waals surface area contributed by atoms with Gasteiger partial charge in [0.1, 0.15) is 11.6 Å². The predicted octanol–water partition coefficient (Wildman–Crippen LogP) is 0.470. The van der Waals surface area contributed by atoms with E-state index in [0.717, 1.165) is 44.1 Å². The third kappa shape index (κ3) is 2.41. The summed E-state index contributed by atoms with van der Waals surface area (Å²) in [5.41, 5.74) is 6.17. The maximum atomic E-state index is 6.17. The van der Waals surface area contributed by atoms with E-state index in [9.17, 15) is 0 Å². The van der Waals surface area contributed by atoms with E-state index in [2.05, 4.69) is 33.9 Å². The second kappa shape index (κ2) is 4.93. The number of fused-ring (bicyclic) bond motifs is 1. The van der Waals surface area contributed by atoms with Crippen LogP contribution in [0.25, 0.3) is 0 Å². The number of nitrogens with one attached hydrogen (secondary N) is 1. The molecular weight excluding hydrogens is 202 g/mol. The second-order valence-electron chi connectivity index (χ2n) is 4.86. The maximum absolute atomic E-state index is 6.17. The lowest BCUT2D eigenvalue weighted by molar-refractivity contribution is 0.471. The molecule has 3 N–H and O–H groups in total. The van der Waals surface area contributed by atoms with Crippen LogP contribution in [0.3, 0.4) is 0 Å². The summed E-state index contributed by atoms with van der Waals surface area (Å²) in [6.45, 7) is 7.26. The Morgan fingerprint density at radius 2 is 2.19 bits per heavy atom. The molecule has 5 nitrogen and oxygen atoms in total. The highest BCUT2D eigenvalue weighted by atomic mass is 15.3. The van der Waals surface area contributed by atoms with Crippen molar-refractivity contribution in [3.63, 3.8) is 0 Å². The van der Waals surface area contributed by atoms with Gasteiger partial charge in [-0.3, -0.25) is 0 Å². The van der Waals surface area contributed by atoms with Crippen LogP contribution < -0.4 is 11.1 Å². The Labute approximate surface area is 96.4 Å². The molecule has 0 fully saturated rings. The van der Waals surface area contributed by atoms with Gasteiger partial charge in [0.2, 0.25) is 0 Å². The molecule has 1 atom stereocenters. The minimum absolute atomic E-state index is 0.0133. The van der Waals surface area contributed by atoms with Gasteiger partial charge in [0.25, 0.3) is 0 Å². The van der Waals surface area contributed by atoms with Gasteiger partial charge in [-0.2, -0.15) is 0 Å². The van der Waals surface area contributed by atoms with Crippen molar-refractivity contribution in [2.45, 2.75) is 39.3 Å². The van der Waals surface area contributed by atoms with Crippen LogP contribution in [0.15, 0.2) is 0 Å². The van der Waals surface area contributed by atoms with Crippen LogP contribution in [0.1, 0.15) is 38.0 Å². The standard InChI is InChI=1S/C11H21N5/c1-8(2)7-9(12)11-15-14-10-3-4-13-5-6-16(10)11/h8-9,13H,3-7,12H2,1-2H3/t9-/m1/s1. The molecule has 90 valence electrons. The first-order valence-electron chi connectivity index (χ1n) is 6.06. The Morgan fingerprint density at radius 1 is 1.38 bits per heavy atom. The molecule has 0 spiro atoms. The summed E-state index contributed by atoms with van der Waals surface area (Å²) in [6.07, 6.45) is 1.91. The van der Waals surface area contributed by atoms with Gasteiger partial charge in [-0.05, 0) is 12.3 Å². The van der Waals surface area contributed by atoms with Crippen LogP contribution in [-0.4, -0.2) is 27.9 Å². The topological polar surface area (TPSA) is 68.8 Å². The molecular formula is C11H21N5. The van der Waals surface area contributed by atoms with Gasteiger partial charge in [-0.25, -0.2) is 0 Å². The molecule has 0 saturated heterocycles. The smallest absolute Gasteiger partial charge is 0.150 e. The quantitative estimate of drug-likeness (QED) is 0.781. The Bertz CT molecular complexity index is 344. The van der Waals surface area contributed by atoms with Crippen molar-refractivity contribution < 1.29 is 0 Å². The number of rotatable bonds is 3. The van der Waals surface area contributed by atoms with Gasteiger partial charge in [0.05, 0.1) is 6.04 Å². The van der Waals surface area contributed by atoms with Crippen molar-refractivity contribution >= 4 is 0 Å².